The number of hydrogen-bond donors (Lipinski definition) is 1. The van der Waals surface area contributed by atoms with Crippen LogP contribution in [-0.4, -0.2) is 23.9 Å². The van der Waals surface area contributed by atoms with Gasteiger partial charge < -0.3 is 9.84 Å². The van der Waals surface area contributed by atoms with Crippen LogP contribution in [0, 0.1) is 18.6 Å². The van der Waals surface area contributed by atoms with E-state index in [1.165, 1.54) is 24.5 Å². The summed E-state index contributed by atoms with van der Waals surface area (Å²) in [4.78, 5) is 27.7. The highest BCUT2D eigenvalue weighted by molar-refractivity contribution is 7.10. The van der Waals surface area contributed by atoms with Crippen molar-refractivity contribution in [3.05, 3.63) is 86.1 Å². The van der Waals surface area contributed by atoms with E-state index >= 15 is 0 Å². The van der Waals surface area contributed by atoms with Gasteiger partial charge in [0.05, 0.1) is 23.3 Å². The largest absolute Gasteiger partial charge is 0.507 e. The van der Waals surface area contributed by atoms with Crippen LogP contribution in [0.25, 0.3) is 5.76 Å². The van der Waals surface area contributed by atoms with Gasteiger partial charge in [-0.25, -0.2) is 8.78 Å². The lowest BCUT2D eigenvalue weighted by Crippen LogP contribution is -2.29. The molecule has 1 aliphatic heterocycles. The number of carbonyl (C=O) groups is 2. The molecule has 0 saturated carbocycles. The Morgan fingerprint density at radius 2 is 1.91 bits per heavy atom. The third kappa shape index (κ3) is 3.55. The van der Waals surface area contributed by atoms with Crippen LogP contribution in [0.2, 0.25) is 5.02 Å². The zero-order valence-corrected chi connectivity index (χ0v) is 18.4. The van der Waals surface area contributed by atoms with Crippen molar-refractivity contribution in [2.45, 2.75) is 13.0 Å². The quantitative estimate of drug-likeness (QED) is 0.302. The first kappa shape index (κ1) is 22.0. The highest BCUT2D eigenvalue weighted by atomic mass is 35.5. The number of hydrogen-bond acceptors (Lipinski definition) is 5. The van der Waals surface area contributed by atoms with Gasteiger partial charge in [-0.05, 0) is 48.2 Å². The molecule has 4 rings (SSSR count). The fourth-order valence-electron chi connectivity index (χ4n) is 3.71. The van der Waals surface area contributed by atoms with E-state index in [4.69, 9.17) is 16.3 Å². The smallest absolute Gasteiger partial charge is 0.300 e. The monoisotopic (exact) mass is 475 g/mol. The van der Waals surface area contributed by atoms with Crippen molar-refractivity contribution < 1.29 is 28.2 Å². The predicted octanol–water partition coefficient (Wildman–Crippen LogP) is 5.62. The Morgan fingerprint density at radius 1 is 1.16 bits per heavy atom. The minimum Gasteiger partial charge on any atom is -0.507 e. The standard InChI is InChI=1S/C23H16ClF2NO4S/c1-11-8-13(22(31-2)14(24)9-11)20(28)18-19(17-4-3-7-32-17)27(23(30)21(18)29)12-5-6-15(25)16(26)10-12/h3-10,19,28H,1-2H3/b20-18-. The third-order valence-corrected chi connectivity index (χ3v) is 6.29. The highest BCUT2D eigenvalue weighted by Gasteiger charge is 2.48. The first-order chi connectivity index (χ1) is 15.2. The summed E-state index contributed by atoms with van der Waals surface area (Å²) in [7, 11) is 1.37. The molecule has 5 nitrogen and oxygen atoms in total. The van der Waals surface area contributed by atoms with E-state index in [0.29, 0.717) is 10.4 Å². The number of aryl methyl sites for hydroxylation is 1. The van der Waals surface area contributed by atoms with Gasteiger partial charge in [0.15, 0.2) is 11.6 Å². The van der Waals surface area contributed by atoms with Crippen molar-refractivity contribution in [1.82, 2.24) is 0 Å². The van der Waals surface area contributed by atoms with Gasteiger partial charge in [-0.15, -0.1) is 11.3 Å². The number of amides is 1. The van der Waals surface area contributed by atoms with Gasteiger partial charge in [0.1, 0.15) is 17.6 Å². The van der Waals surface area contributed by atoms with Crippen LogP contribution in [0.5, 0.6) is 5.75 Å². The summed E-state index contributed by atoms with van der Waals surface area (Å²) in [6, 6.07) is 8.48. The molecule has 1 amide bonds. The van der Waals surface area contributed by atoms with Gasteiger partial charge in [0.2, 0.25) is 0 Å². The van der Waals surface area contributed by atoms with E-state index in [9.17, 15) is 23.5 Å². The topological polar surface area (TPSA) is 66.8 Å². The van der Waals surface area contributed by atoms with Gasteiger partial charge >= 0.3 is 0 Å². The van der Waals surface area contributed by atoms with E-state index in [2.05, 4.69) is 0 Å². The molecule has 1 fully saturated rings. The Kier molecular flexibility index (Phi) is 5.75. The van der Waals surface area contributed by atoms with E-state index in [1.54, 1.807) is 36.6 Å². The Hall–Kier alpha value is -3.23. The van der Waals surface area contributed by atoms with Crippen molar-refractivity contribution in [1.29, 1.82) is 0 Å². The average molecular weight is 476 g/mol. The molecule has 2 heterocycles. The fourth-order valence-corrected chi connectivity index (χ4v) is 4.88. The summed E-state index contributed by atoms with van der Waals surface area (Å²) >= 11 is 7.49. The number of aliphatic hydroxyl groups is 1. The molecular weight excluding hydrogens is 460 g/mol. The molecule has 1 unspecified atom stereocenters. The molecule has 2 aromatic carbocycles. The van der Waals surface area contributed by atoms with Crippen LogP contribution >= 0.6 is 22.9 Å². The van der Waals surface area contributed by atoms with Crippen LogP contribution < -0.4 is 9.64 Å². The number of nitrogens with zero attached hydrogens (tertiary/aromatic N) is 1. The van der Waals surface area contributed by atoms with Crippen molar-refractivity contribution in [3.63, 3.8) is 0 Å². The molecule has 0 bridgehead atoms. The van der Waals surface area contributed by atoms with Crippen molar-refractivity contribution in [3.8, 4) is 5.75 Å². The van der Waals surface area contributed by atoms with Crippen LogP contribution in [-0.2, 0) is 9.59 Å². The zero-order valence-electron chi connectivity index (χ0n) is 16.9. The van der Waals surface area contributed by atoms with Gasteiger partial charge in [0, 0.05) is 16.6 Å². The minimum atomic E-state index is -1.17. The Morgan fingerprint density at radius 3 is 2.53 bits per heavy atom. The number of anilines is 1. The maximum Gasteiger partial charge on any atom is 0.300 e. The number of ketones is 1. The van der Waals surface area contributed by atoms with E-state index < -0.39 is 35.1 Å². The minimum absolute atomic E-state index is 0.0160. The first-order valence-electron chi connectivity index (χ1n) is 9.38. The Balaban J connectivity index is 1.99. The first-order valence-corrected chi connectivity index (χ1v) is 10.6. The number of carbonyl (C=O) groups excluding carboxylic acids is 2. The number of ether oxygens (including phenoxy) is 1. The summed E-state index contributed by atoms with van der Waals surface area (Å²) < 4.78 is 32.8. The van der Waals surface area contributed by atoms with Gasteiger partial charge in [0.25, 0.3) is 11.7 Å². The molecule has 1 saturated heterocycles. The molecule has 1 aromatic heterocycles. The van der Waals surface area contributed by atoms with Gasteiger partial charge in [-0.2, -0.15) is 0 Å². The number of Topliss-reactive ketones (excluding diaryl/α,β-unsaturated/α-hetero) is 1. The summed E-state index contributed by atoms with van der Waals surface area (Å²) in [6.07, 6.45) is 0. The second kappa shape index (κ2) is 8.37. The maximum atomic E-state index is 13.9. The van der Waals surface area contributed by atoms with Crippen LogP contribution in [0.4, 0.5) is 14.5 Å². The van der Waals surface area contributed by atoms with E-state index in [-0.39, 0.29) is 27.6 Å². The second-order valence-corrected chi connectivity index (χ2v) is 8.50. The van der Waals surface area contributed by atoms with Crippen LogP contribution in [0.1, 0.15) is 22.0 Å². The average Bonchev–Trinajstić information content (AvgIpc) is 3.36. The molecule has 164 valence electrons. The number of aliphatic hydroxyl groups excluding tert-OH is 1. The van der Waals surface area contributed by atoms with E-state index in [0.717, 1.165) is 17.0 Å². The van der Waals surface area contributed by atoms with Crippen molar-refractivity contribution in [2.24, 2.45) is 0 Å². The number of thiophene rings is 1. The van der Waals surface area contributed by atoms with Crippen LogP contribution in [0.3, 0.4) is 0 Å². The second-order valence-electron chi connectivity index (χ2n) is 7.11. The lowest BCUT2D eigenvalue weighted by molar-refractivity contribution is -0.132. The van der Waals surface area contributed by atoms with Crippen LogP contribution in [0.15, 0.2) is 53.4 Å². The van der Waals surface area contributed by atoms with E-state index in [1.807, 2.05) is 0 Å². The Bertz CT molecular complexity index is 1270. The highest BCUT2D eigenvalue weighted by Crippen LogP contribution is 2.45. The molecule has 1 aliphatic rings. The van der Waals surface area contributed by atoms with Crippen molar-refractivity contribution >= 4 is 46.1 Å². The third-order valence-electron chi connectivity index (χ3n) is 5.09. The molecule has 3 aromatic rings. The Labute approximate surface area is 191 Å². The lowest BCUT2D eigenvalue weighted by Gasteiger charge is -2.24. The fraction of sp³-hybridized carbons (Fsp3) is 0.130. The number of halogens is 3. The van der Waals surface area contributed by atoms with Crippen molar-refractivity contribution in [2.75, 3.05) is 12.0 Å². The molecular formula is C23H16ClF2NO4S. The predicted molar refractivity (Wildman–Crippen MR) is 118 cm³/mol. The maximum absolute atomic E-state index is 13.9. The SMILES string of the molecule is COc1c(Cl)cc(C)cc1/C(O)=C1/C(=O)C(=O)N(c2ccc(F)c(F)c2)C1c1cccs1. The molecule has 1 N–H and O–H groups in total. The summed E-state index contributed by atoms with van der Waals surface area (Å²) in [5.41, 5.74) is 0.613. The summed E-state index contributed by atoms with van der Waals surface area (Å²) in [5.74, 6) is -4.54. The normalized spacial score (nSPS) is 17.8. The molecule has 0 radical (unpaired) electrons. The van der Waals surface area contributed by atoms with Gasteiger partial charge in [-0.3, -0.25) is 14.5 Å². The number of rotatable bonds is 4. The molecule has 0 aliphatic carbocycles. The zero-order chi connectivity index (χ0) is 23.2. The summed E-state index contributed by atoms with van der Waals surface area (Å²) in [6.45, 7) is 1.75. The molecule has 0 spiro atoms. The molecule has 1 atom stereocenters. The summed E-state index contributed by atoms with van der Waals surface area (Å²) in [5, 5.41) is 13.2. The molecule has 9 heteroatoms. The number of methoxy groups -OCH3 is 1. The van der Waals surface area contributed by atoms with Gasteiger partial charge in [-0.1, -0.05) is 17.7 Å². The number of benzene rings is 2. The lowest BCUT2D eigenvalue weighted by atomic mass is 9.98. The molecule has 32 heavy (non-hydrogen) atoms.